The van der Waals surface area contributed by atoms with E-state index in [9.17, 15) is 9.59 Å². The molecule has 0 unspecified atom stereocenters. The SMILES string of the molecule is Cc1ccc2c(=O)c(OCC(=O)Nc3ccc(Cl)c(Cl)c3)c(-c3ccc(Cl)cc3)oc2c1. The summed E-state index contributed by atoms with van der Waals surface area (Å²) >= 11 is 17.9. The number of aryl methyl sites for hydroxylation is 1. The number of hydrogen-bond donors (Lipinski definition) is 1. The minimum atomic E-state index is -0.478. The summed E-state index contributed by atoms with van der Waals surface area (Å²) in [4.78, 5) is 25.6. The maximum atomic E-state index is 13.2. The number of rotatable bonds is 5. The van der Waals surface area contributed by atoms with Crippen molar-refractivity contribution in [2.24, 2.45) is 0 Å². The first-order valence-electron chi connectivity index (χ1n) is 9.53. The van der Waals surface area contributed by atoms with Gasteiger partial charge in [-0.2, -0.15) is 0 Å². The number of fused-ring (bicyclic) bond motifs is 1. The lowest BCUT2D eigenvalue weighted by Crippen LogP contribution is -2.22. The molecular weight excluding hydrogens is 473 g/mol. The molecule has 0 atom stereocenters. The number of carbonyl (C=O) groups excluding carboxylic acids is 1. The zero-order valence-electron chi connectivity index (χ0n) is 16.7. The van der Waals surface area contributed by atoms with Gasteiger partial charge in [-0.1, -0.05) is 40.9 Å². The lowest BCUT2D eigenvalue weighted by atomic mass is 10.1. The molecule has 0 saturated heterocycles. The van der Waals surface area contributed by atoms with Gasteiger partial charge < -0.3 is 14.5 Å². The third-order valence-electron chi connectivity index (χ3n) is 4.66. The van der Waals surface area contributed by atoms with E-state index in [0.29, 0.717) is 37.3 Å². The molecular formula is C24H16Cl3NO4. The zero-order valence-corrected chi connectivity index (χ0v) is 19.0. The van der Waals surface area contributed by atoms with Gasteiger partial charge in [-0.3, -0.25) is 9.59 Å². The largest absolute Gasteiger partial charge is 0.476 e. The highest BCUT2D eigenvalue weighted by atomic mass is 35.5. The van der Waals surface area contributed by atoms with Crippen molar-refractivity contribution < 1.29 is 13.9 Å². The summed E-state index contributed by atoms with van der Waals surface area (Å²) in [6.07, 6.45) is 0. The van der Waals surface area contributed by atoms with Gasteiger partial charge in [-0.05, 0) is 67.1 Å². The van der Waals surface area contributed by atoms with Crippen LogP contribution in [0.3, 0.4) is 0 Å². The number of nitrogens with one attached hydrogen (secondary N) is 1. The average molecular weight is 489 g/mol. The van der Waals surface area contributed by atoms with Crippen LogP contribution >= 0.6 is 34.8 Å². The molecule has 3 aromatic carbocycles. The van der Waals surface area contributed by atoms with E-state index in [-0.39, 0.29) is 16.9 Å². The fraction of sp³-hybridized carbons (Fsp3) is 0.0833. The minimum absolute atomic E-state index is 0.0621. The molecule has 1 amide bonds. The first-order chi connectivity index (χ1) is 15.3. The molecule has 32 heavy (non-hydrogen) atoms. The summed E-state index contributed by atoms with van der Waals surface area (Å²) < 4.78 is 11.7. The Kier molecular flexibility index (Phi) is 6.42. The van der Waals surface area contributed by atoms with Crippen LogP contribution in [0.5, 0.6) is 5.75 Å². The molecule has 0 aliphatic carbocycles. The summed E-state index contributed by atoms with van der Waals surface area (Å²) in [5.41, 5.74) is 2.03. The van der Waals surface area contributed by atoms with Crippen molar-refractivity contribution >= 4 is 57.4 Å². The van der Waals surface area contributed by atoms with Gasteiger partial charge in [0.1, 0.15) is 5.58 Å². The first kappa shape index (κ1) is 22.2. The second kappa shape index (κ2) is 9.25. The lowest BCUT2D eigenvalue weighted by Gasteiger charge is -2.12. The van der Waals surface area contributed by atoms with Gasteiger partial charge in [0.25, 0.3) is 5.91 Å². The van der Waals surface area contributed by atoms with Crippen LogP contribution in [0.1, 0.15) is 5.56 Å². The monoisotopic (exact) mass is 487 g/mol. The average Bonchev–Trinajstić information content (AvgIpc) is 2.76. The minimum Gasteiger partial charge on any atom is -0.476 e. The number of benzene rings is 3. The van der Waals surface area contributed by atoms with Crippen molar-refractivity contribution in [1.29, 1.82) is 0 Å². The van der Waals surface area contributed by atoms with Crippen LogP contribution < -0.4 is 15.5 Å². The molecule has 0 spiro atoms. The Bertz CT molecular complexity index is 1380. The Morgan fingerprint density at radius 1 is 0.969 bits per heavy atom. The van der Waals surface area contributed by atoms with Gasteiger partial charge in [0.2, 0.25) is 11.2 Å². The molecule has 1 aromatic heterocycles. The Balaban J connectivity index is 1.67. The van der Waals surface area contributed by atoms with E-state index in [1.165, 1.54) is 6.07 Å². The van der Waals surface area contributed by atoms with Gasteiger partial charge >= 0.3 is 0 Å². The second-order valence-corrected chi connectivity index (χ2v) is 8.31. The van der Waals surface area contributed by atoms with Crippen LogP contribution in [0.15, 0.2) is 69.9 Å². The quantitative estimate of drug-likeness (QED) is 0.337. The molecule has 0 radical (unpaired) electrons. The standard InChI is InChI=1S/C24H16Cl3NO4/c1-13-2-8-17-20(10-13)32-23(14-3-5-15(25)6-4-14)24(22(17)30)31-12-21(29)28-16-7-9-18(26)19(27)11-16/h2-11H,12H2,1H3,(H,28,29). The van der Waals surface area contributed by atoms with E-state index in [2.05, 4.69) is 5.32 Å². The topological polar surface area (TPSA) is 68.5 Å². The van der Waals surface area contributed by atoms with Crippen molar-refractivity contribution in [2.45, 2.75) is 6.92 Å². The third-order valence-corrected chi connectivity index (χ3v) is 5.65. The molecule has 0 aliphatic heterocycles. The van der Waals surface area contributed by atoms with E-state index in [4.69, 9.17) is 44.0 Å². The summed E-state index contributed by atoms with van der Waals surface area (Å²) in [6.45, 7) is 1.49. The number of halogens is 3. The van der Waals surface area contributed by atoms with Gasteiger partial charge in [0.15, 0.2) is 12.4 Å². The highest BCUT2D eigenvalue weighted by Gasteiger charge is 2.19. The summed E-state index contributed by atoms with van der Waals surface area (Å²) in [7, 11) is 0. The van der Waals surface area contributed by atoms with Gasteiger partial charge in [-0.15, -0.1) is 0 Å². The van der Waals surface area contributed by atoms with Crippen LogP contribution in [-0.4, -0.2) is 12.5 Å². The molecule has 1 N–H and O–H groups in total. The Morgan fingerprint density at radius 2 is 1.72 bits per heavy atom. The molecule has 8 heteroatoms. The van der Waals surface area contributed by atoms with Crippen molar-refractivity contribution in [3.63, 3.8) is 0 Å². The Morgan fingerprint density at radius 3 is 2.44 bits per heavy atom. The molecule has 1 heterocycles. The Hall–Kier alpha value is -2.99. The summed E-state index contributed by atoms with van der Waals surface area (Å²) in [6, 6.07) is 16.7. The fourth-order valence-corrected chi connectivity index (χ4v) is 3.54. The molecule has 0 aliphatic rings. The van der Waals surface area contributed by atoms with Crippen LogP contribution in [0, 0.1) is 6.92 Å². The number of amides is 1. The van der Waals surface area contributed by atoms with Crippen molar-refractivity contribution in [3.05, 3.63) is 91.5 Å². The van der Waals surface area contributed by atoms with E-state index in [1.807, 2.05) is 13.0 Å². The number of ether oxygens (including phenoxy) is 1. The lowest BCUT2D eigenvalue weighted by molar-refractivity contribution is -0.118. The molecule has 0 bridgehead atoms. The molecule has 4 rings (SSSR count). The van der Waals surface area contributed by atoms with Gasteiger partial charge in [0.05, 0.1) is 15.4 Å². The van der Waals surface area contributed by atoms with Crippen LogP contribution in [0.4, 0.5) is 5.69 Å². The second-order valence-electron chi connectivity index (χ2n) is 7.06. The number of hydrogen-bond acceptors (Lipinski definition) is 4. The van der Waals surface area contributed by atoms with Gasteiger partial charge in [-0.25, -0.2) is 0 Å². The number of carbonyl (C=O) groups is 1. The molecule has 5 nitrogen and oxygen atoms in total. The highest BCUT2D eigenvalue weighted by molar-refractivity contribution is 6.42. The van der Waals surface area contributed by atoms with E-state index in [0.717, 1.165) is 5.56 Å². The smallest absolute Gasteiger partial charge is 0.262 e. The normalized spacial score (nSPS) is 10.9. The zero-order chi connectivity index (χ0) is 22.8. The van der Waals surface area contributed by atoms with Crippen LogP contribution in [0.2, 0.25) is 15.1 Å². The van der Waals surface area contributed by atoms with Crippen molar-refractivity contribution in [3.8, 4) is 17.1 Å². The van der Waals surface area contributed by atoms with Gasteiger partial charge in [0, 0.05) is 16.3 Å². The van der Waals surface area contributed by atoms with Crippen LogP contribution in [-0.2, 0) is 4.79 Å². The molecule has 0 saturated carbocycles. The molecule has 0 fully saturated rings. The fourth-order valence-electron chi connectivity index (χ4n) is 3.11. The Labute approximate surface area is 198 Å². The van der Waals surface area contributed by atoms with E-state index < -0.39 is 12.5 Å². The molecule has 4 aromatic rings. The van der Waals surface area contributed by atoms with E-state index >= 15 is 0 Å². The molecule has 162 valence electrons. The summed E-state index contributed by atoms with van der Waals surface area (Å²) in [5.74, 6) is -0.325. The highest BCUT2D eigenvalue weighted by Crippen LogP contribution is 2.32. The first-order valence-corrected chi connectivity index (χ1v) is 10.7. The maximum absolute atomic E-state index is 13.2. The van der Waals surface area contributed by atoms with Crippen LogP contribution in [0.25, 0.3) is 22.3 Å². The predicted octanol–water partition coefficient (Wildman–Crippen LogP) is 6.75. The predicted molar refractivity (Wildman–Crippen MR) is 128 cm³/mol. The van der Waals surface area contributed by atoms with Crippen molar-refractivity contribution in [2.75, 3.05) is 11.9 Å². The number of anilines is 1. The van der Waals surface area contributed by atoms with E-state index in [1.54, 1.807) is 48.5 Å². The third kappa shape index (κ3) is 4.75. The van der Waals surface area contributed by atoms with Crippen molar-refractivity contribution in [1.82, 2.24) is 0 Å². The maximum Gasteiger partial charge on any atom is 0.262 e. The summed E-state index contributed by atoms with van der Waals surface area (Å²) in [5, 5.41) is 4.23.